The van der Waals surface area contributed by atoms with Crippen molar-refractivity contribution in [1.82, 2.24) is 5.23 Å². The largest absolute Gasteiger partial charge is 0.364 e. The maximum Gasteiger partial charge on any atom is 0.364 e. The van der Waals surface area contributed by atoms with Crippen LogP contribution in [0.25, 0.3) is 0 Å². The van der Waals surface area contributed by atoms with E-state index in [2.05, 4.69) is 9.25 Å². The monoisotopic (exact) mass is 123 g/mol. The van der Waals surface area contributed by atoms with Gasteiger partial charge in [-0.05, 0) is 0 Å². The summed E-state index contributed by atoms with van der Waals surface area (Å²) in [6.07, 6.45) is 0. The van der Waals surface area contributed by atoms with Gasteiger partial charge in [-0.15, -0.1) is 0 Å². The standard InChI is InChI=1S/C2H6NO3P/c1-3-5-7(2,4)6-3/h1-2H3. The van der Waals surface area contributed by atoms with Crippen LogP contribution in [0.3, 0.4) is 0 Å². The molecule has 0 aromatic carbocycles. The van der Waals surface area contributed by atoms with E-state index in [-0.39, 0.29) is 0 Å². The second kappa shape index (κ2) is 1.29. The lowest BCUT2D eigenvalue weighted by Gasteiger charge is -2.30. The summed E-state index contributed by atoms with van der Waals surface area (Å²) >= 11 is 0. The Morgan fingerprint density at radius 3 is 2.00 bits per heavy atom. The summed E-state index contributed by atoms with van der Waals surface area (Å²) in [6.45, 7) is 1.41. The molecule has 0 atom stereocenters. The molecule has 1 aliphatic heterocycles. The summed E-state index contributed by atoms with van der Waals surface area (Å²) in [5.41, 5.74) is 0. The lowest BCUT2D eigenvalue weighted by Crippen LogP contribution is -2.26. The van der Waals surface area contributed by atoms with Gasteiger partial charge in [0.2, 0.25) is 0 Å². The van der Waals surface area contributed by atoms with Crippen LogP contribution in [-0.2, 0) is 13.8 Å². The van der Waals surface area contributed by atoms with Gasteiger partial charge in [-0.25, -0.2) is 0 Å². The Morgan fingerprint density at radius 2 is 2.00 bits per heavy atom. The minimum absolute atomic E-state index is 1.07. The molecule has 0 aromatic rings. The molecule has 0 radical (unpaired) electrons. The number of hydrogen-bond donors (Lipinski definition) is 0. The number of rotatable bonds is 0. The van der Waals surface area contributed by atoms with Gasteiger partial charge in [0.15, 0.2) is 0 Å². The van der Waals surface area contributed by atoms with E-state index in [1.807, 2.05) is 0 Å². The highest BCUT2D eigenvalue weighted by atomic mass is 31.2. The van der Waals surface area contributed by atoms with E-state index in [1.54, 1.807) is 7.05 Å². The molecule has 0 bridgehead atoms. The summed E-state index contributed by atoms with van der Waals surface area (Å²) in [5.74, 6) is 0. The van der Waals surface area contributed by atoms with Crippen LogP contribution in [-0.4, -0.2) is 18.9 Å². The highest BCUT2D eigenvalue weighted by Gasteiger charge is 2.33. The van der Waals surface area contributed by atoms with E-state index in [0.29, 0.717) is 0 Å². The third kappa shape index (κ3) is 1.01. The van der Waals surface area contributed by atoms with Crippen LogP contribution in [0.15, 0.2) is 0 Å². The van der Waals surface area contributed by atoms with E-state index < -0.39 is 7.60 Å². The predicted molar refractivity (Wildman–Crippen MR) is 23.5 cm³/mol. The summed E-state index contributed by atoms with van der Waals surface area (Å²) in [7, 11) is -1.05. The van der Waals surface area contributed by atoms with Crippen molar-refractivity contribution in [3.8, 4) is 0 Å². The van der Waals surface area contributed by atoms with Crippen LogP contribution < -0.4 is 0 Å². The van der Waals surface area contributed by atoms with Crippen LogP contribution in [0.2, 0.25) is 0 Å². The molecule has 1 heterocycles. The molecule has 0 spiro atoms. The molecule has 0 saturated carbocycles. The highest BCUT2D eigenvalue weighted by molar-refractivity contribution is 7.53. The normalized spacial score (nSPS) is 29.4. The number of hydroxylamine groups is 2. The lowest BCUT2D eigenvalue weighted by molar-refractivity contribution is -0.317. The molecule has 0 amide bonds. The number of hydrogen-bond acceptors (Lipinski definition) is 4. The molecule has 42 valence electrons. The summed E-state index contributed by atoms with van der Waals surface area (Å²) in [5, 5.41) is 1.07. The molecule has 4 nitrogen and oxygen atoms in total. The Balaban J connectivity index is 2.44. The zero-order valence-electron chi connectivity index (χ0n) is 4.12. The van der Waals surface area contributed by atoms with Crippen LogP contribution in [0.1, 0.15) is 0 Å². The lowest BCUT2D eigenvalue weighted by atomic mass is 11.5. The van der Waals surface area contributed by atoms with E-state index in [1.165, 1.54) is 6.66 Å². The van der Waals surface area contributed by atoms with Crippen molar-refractivity contribution < 1.29 is 13.8 Å². The van der Waals surface area contributed by atoms with Crippen LogP contribution >= 0.6 is 7.60 Å². The van der Waals surface area contributed by atoms with E-state index in [9.17, 15) is 4.57 Å². The maximum absolute atomic E-state index is 10.4. The molecular formula is C2H6NO3P. The third-order valence-corrected chi connectivity index (χ3v) is 1.58. The van der Waals surface area contributed by atoms with Gasteiger partial charge in [0.1, 0.15) is 0 Å². The Kier molecular flexibility index (Phi) is 0.970. The molecule has 5 heteroatoms. The zero-order valence-corrected chi connectivity index (χ0v) is 5.01. The minimum Gasteiger partial charge on any atom is -0.257 e. The Morgan fingerprint density at radius 1 is 1.57 bits per heavy atom. The molecule has 0 aromatic heterocycles. The molecule has 1 aliphatic rings. The fraction of sp³-hybridized carbons (Fsp3) is 1.00. The third-order valence-electron chi connectivity index (χ3n) is 0.527. The van der Waals surface area contributed by atoms with Crippen molar-refractivity contribution in [2.24, 2.45) is 0 Å². The van der Waals surface area contributed by atoms with E-state index >= 15 is 0 Å². The topological polar surface area (TPSA) is 38.8 Å². The Bertz CT molecular complexity index is 114. The second-order valence-electron chi connectivity index (χ2n) is 1.37. The average Bonchev–Trinajstić information content (AvgIpc) is 1.27. The smallest absolute Gasteiger partial charge is 0.257 e. The van der Waals surface area contributed by atoms with Crippen molar-refractivity contribution in [2.45, 2.75) is 0 Å². The molecule has 0 N–H and O–H groups in total. The molecule has 1 saturated heterocycles. The van der Waals surface area contributed by atoms with Crippen molar-refractivity contribution >= 4 is 7.60 Å². The molecular weight excluding hydrogens is 117 g/mol. The van der Waals surface area contributed by atoms with Crippen molar-refractivity contribution in [1.29, 1.82) is 0 Å². The fourth-order valence-electron chi connectivity index (χ4n) is 0.424. The highest BCUT2D eigenvalue weighted by Crippen LogP contribution is 2.53. The molecule has 0 aliphatic carbocycles. The SMILES string of the molecule is CN1OP(C)(=O)O1. The van der Waals surface area contributed by atoms with Gasteiger partial charge < -0.3 is 0 Å². The molecule has 0 unspecified atom stereocenters. The quantitative estimate of drug-likeness (QED) is 0.442. The zero-order chi connectivity index (χ0) is 5.49. The van der Waals surface area contributed by atoms with Gasteiger partial charge in [-0.2, -0.15) is 9.25 Å². The van der Waals surface area contributed by atoms with Crippen molar-refractivity contribution in [3.63, 3.8) is 0 Å². The fourth-order valence-corrected chi connectivity index (χ4v) is 1.27. The van der Waals surface area contributed by atoms with Gasteiger partial charge in [-0.3, -0.25) is 4.57 Å². The van der Waals surface area contributed by atoms with Gasteiger partial charge in [0.25, 0.3) is 0 Å². The van der Waals surface area contributed by atoms with Crippen LogP contribution in [0.5, 0.6) is 0 Å². The first-order chi connectivity index (χ1) is 3.10. The Hall–Kier alpha value is 0.110. The van der Waals surface area contributed by atoms with Crippen LogP contribution in [0, 0.1) is 0 Å². The average molecular weight is 123 g/mol. The minimum atomic E-state index is -2.60. The summed E-state index contributed by atoms with van der Waals surface area (Å²) in [4.78, 5) is 0. The first-order valence-electron chi connectivity index (χ1n) is 1.81. The van der Waals surface area contributed by atoms with Gasteiger partial charge in [-0.1, -0.05) is 5.23 Å². The van der Waals surface area contributed by atoms with Crippen molar-refractivity contribution in [2.75, 3.05) is 13.7 Å². The second-order valence-corrected chi connectivity index (χ2v) is 3.24. The van der Waals surface area contributed by atoms with Gasteiger partial charge in [0.05, 0.1) is 0 Å². The number of nitrogens with zero attached hydrogens (tertiary/aromatic N) is 1. The van der Waals surface area contributed by atoms with Gasteiger partial charge in [0, 0.05) is 13.7 Å². The first-order valence-corrected chi connectivity index (χ1v) is 3.80. The predicted octanol–water partition coefficient (Wildman–Crippen LogP) is 0.618. The maximum atomic E-state index is 10.4. The summed E-state index contributed by atoms with van der Waals surface area (Å²) in [6, 6.07) is 0. The van der Waals surface area contributed by atoms with Crippen molar-refractivity contribution in [3.05, 3.63) is 0 Å². The van der Waals surface area contributed by atoms with Gasteiger partial charge >= 0.3 is 7.60 Å². The molecule has 1 rings (SSSR count). The molecule has 1 fully saturated rings. The van der Waals surface area contributed by atoms with Crippen LogP contribution in [0.4, 0.5) is 0 Å². The van der Waals surface area contributed by atoms with E-state index in [4.69, 9.17) is 0 Å². The Labute approximate surface area is 41.5 Å². The molecule has 7 heavy (non-hydrogen) atoms. The first kappa shape index (κ1) is 5.25. The summed E-state index contributed by atoms with van der Waals surface area (Å²) < 4.78 is 19.4. The van der Waals surface area contributed by atoms with E-state index in [0.717, 1.165) is 5.23 Å².